The number of hydrogen-bond acceptors (Lipinski definition) is 2. The van der Waals surface area contributed by atoms with E-state index in [1.807, 2.05) is 30.3 Å². The van der Waals surface area contributed by atoms with E-state index in [2.05, 4.69) is 80.5 Å². The summed E-state index contributed by atoms with van der Waals surface area (Å²) >= 11 is 3.39. The normalized spacial score (nSPS) is 11.2. The molecule has 0 saturated carbocycles. The van der Waals surface area contributed by atoms with Crippen molar-refractivity contribution in [2.75, 3.05) is 0 Å². The lowest BCUT2D eigenvalue weighted by Gasteiger charge is -2.06. The van der Waals surface area contributed by atoms with Gasteiger partial charge in [-0.1, -0.05) is 60.2 Å². The Morgan fingerprint density at radius 1 is 1.03 bits per heavy atom. The largest absolute Gasteiger partial charge is 0.342 e. The van der Waals surface area contributed by atoms with Crippen molar-refractivity contribution < 1.29 is 4.79 Å². The summed E-state index contributed by atoms with van der Waals surface area (Å²) < 4.78 is 2.94. The standard InChI is InChI=1S/C24H20BrN3O/c1-17-10-12-18(13-11-17)15-28-16-19(20-6-3-5-9-23(20)28)14-26-27-24(29)21-7-2-4-8-22(21)25/h2-14,16H,15H2,1H3,(H,27,29)/b26-14+. The number of benzene rings is 3. The number of hydrogen-bond donors (Lipinski definition) is 1. The van der Waals surface area contributed by atoms with Crippen LogP contribution in [-0.2, 0) is 6.54 Å². The summed E-state index contributed by atoms with van der Waals surface area (Å²) in [5, 5.41) is 5.28. The van der Waals surface area contributed by atoms with Gasteiger partial charge < -0.3 is 4.57 Å². The van der Waals surface area contributed by atoms with Crippen molar-refractivity contribution in [2.24, 2.45) is 5.10 Å². The van der Waals surface area contributed by atoms with Crippen LogP contribution in [0.15, 0.2) is 88.6 Å². The highest BCUT2D eigenvalue weighted by atomic mass is 79.9. The van der Waals surface area contributed by atoms with Gasteiger partial charge in [0.15, 0.2) is 0 Å². The van der Waals surface area contributed by atoms with E-state index in [-0.39, 0.29) is 5.91 Å². The maximum atomic E-state index is 12.3. The zero-order valence-corrected chi connectivity index (χ0v) is 17.6. The summed E-state index contributed by atoms with van der Waals surface area (Å²) in [5.74, 6) is -0.253. The van der Waals surface area contributed by atoms with Crippen LogP contribution in [0.4, 0.5) is 0 Å². The van der Waals surface area contributed by atoms with E-state index in [9.17, 15) is 4.79 Å². The number of halogens is 1. The number of nitrogens with zero attached hydrogens (tertiary/aromatic N) is 2. The second-order valence-corrected chi connectivity index (χ2v) is 7.75. The van der Waals surface area contributed by atoms with Crippen LogP contribution in [0.3, 0.4) is 0 Å². The van der Waals surface area contributed by atoms with Crippen LogP contribution in [0.1, 0.15) is 27.0 Å². The van der Waals surface area contributed by atoms with Gasteiger partial charge in [0.05, 0.1) is 11.8 Å². The summed E-state index contributed by atoms with van der Waals surface area (Å²) in [6.07, 6.45) is 3.77. The third-order valence-electron chi connectivity index (χ3n) is 4.78. The van der Waals surface area contributed by atoms with E-state index in [1.54, 1.807) is 12.3 Å². The molecule has 3 aromatic carbocycles. The minimum atomic E-state index is -0.253. The first-order valence-electron chi connectivity index (χ1n) is 9.33. The summed E-state index contributed by atoms with van der Waals surface area (Å²) in [6, 6.07) is 24.0. The topological polar surface area (TPSA) is 46.4 Å². The fourth-order valence-electron chi connectivity index (χ4n) is 3.27. The number of fused-ring (bicyclic) bond motifs is 1. The number of aryl methyl sites for hydroxylation is 1. The number of rotatable bonds is 5. The highest BCUT2D eigenvalue weighted by molar-refractivity contribution is 9.10. The first-order valence-corrected chi connectivity index (χ1v) is 10.1. The van der Waals surface area contributed by atoms with Gasteiger partial charge in [0, 0.05) is 33.7 Å². The molecular formula is C24H20BrN3O. The van der Waals surface area contributed by atoms with E-state index >= 15 is 0 Å². The Morgan fingerprint density at radius 2 is 1.76 bits per heavy atom. The van der Waals surface area contributed by atoms with Gasteiger partial charge in [-0.15, -0.1) is 0 Å². The van der Waals surface area contributed by atoms with Crippen LogP contribution in [0.2, 0.25) is 0 Å². The SMILES string of the molecule is Cc1ccc(Cn2cc(/C=N/NC(=O)c3ccccc3Br)c3ccccc32)cc1. The van der Waals surface area contributed by atoms with Gasteiger partial charge in [0.1, 0.15) is 0 Å². The molecule has 1 aromatic heterocycles. The van der Waals surface area contributed by atoms with Crippen LogP contribution in [-0.4, -0.2) is 16.7 Å². The van der Waals surface area contributed by atoms with Gasteiger partial charge in [-0.3, -0.25) is 4.79 Å². The predicted molar refractivity (Wildman–Crippen MR) is 121 cm³/mol. The smallest absolute Gasteiger partial charge is 0.272 e. The second kappa shape index (κ2) is 8.45. The molecule has 0 radical (unpaired) electrons. The van der Waals surface area contributed by atoms with Gasteiger partial charge in [0.25, 0.3) is 5.91 Å². The number of nitrogens with one attached hydrogen (secondary N) is 1. The number of amides is 1. The Hall–Kier alpha value is -3.18. The number of hydrazone groups is 1. The first-order chi connectivity index (χ1) is 14.1. The third kappa shape index (κ3) is 4.30. The number of carbonyl (C=O) groups excluding carboxylic acids is 1. The van der Waals surface area contributed by atoms with Crippen molar-refractivity contribution in [1.82, 2.24) is 9.99 Å². The van der Waals surface area contributed by atoms with Gasteiger partial charge in [-0.05, 0) is 46.6 Å². The number of carbonyl (C=O) groups is 1. The molecule has 0 bridgehead atoms. The third-order valence-corrected chi connectivity index (χ3v) is 5.47. The zero-order chi connectivity index (χ0) is 20.2. The molecule has 1 amide bonds. The highest BCUT2D eigenvalue weighted by Gasteiger charge is 2.09. The van der Waals surface area contributed by atoms with Crippen LogP contribution >= 0.6 is 15.9 Å². The van der Waals surface area contributed by atoms with Crippen molar-refractivity contribution in [3.8, 4) is 0 Å². The van der Waals surface area contributed by atoms with Crippen LogP contribution in [0, 0.1) is 6.92 Å². The molecular weight excluding hydrogens is 426 g/mol. The first kappa shape index (κ1) is 19.2. The van der Waals surface area contributed by atoms with E-state index in [4.69, 9.17) is 0 Å². The monoisotopic (exact) mass is 445 g/mol. The maximum absolute atomic E-state index is 12.3. The second-order valence-electron chi connectivity index (χ2n) is 6.89. The molecule has 0 aliphatic heterocycles. The number of aromatic nitrogens is 1. The average molecular weight is 446 g/mol. The minimum Gasteiger partial charge on any atom is -0.342 e. The van der Waals surface area contributed by atoms with E-state index in [0.717, 1.165) is 27.5 Å². The van der Waals surface area contributed by atoms with Crippen LogP contribution in [0.25, 0.3) is 10.9 Å². The van der Waals surface area contributed by atoms with E-state index in [0.29, 0.717) is 5.56 Å². The Morgan fingerprint density at radius 3 is 2.55 bits per heavy atom. The van der Waals surface area contributed by atoms with Crippen molar-refractivity contribution in [3.63, 3.8) is 0 Å². The molecule has 0 spiro atoms. The van der Waals surface area contributed by atoms with Crippen molar-refractivity contribution in [1.29, 1.82) is 0 Å². The zero-order valence-electron chi connectivity index (χ0n) is 16.0. The lowest BCUT2D eigenvalue weighted by atomic mass is 10.1. The summed E-state index contributed by atoms with van der Waals surface area (Å²) in [6.45, 7) is 2.86. The van der Waals surface area contributed by atoms with Gasteiger partial charge in [-0.2, -0.15) is 5.10 Å². The molecule has 0 saturated heterocycles. The molecule has 0 unspecified atom stereocenters. The molecule has 4 nitrogen and oxygen atoms in total. The lowest BCUT2D eigenvalue weighted by Crippen LogP contribution is -2.18. The molecule has 0 aliphatic carbocycles. The average Bonchev–Trinajstić information content (AvgIpc) is 3.08. The predicted octanol–water partition coefficient (Wildman–Crippen LogP) is 5.52. The maximum Gasteiger partial charge on any atom is 0.272 e. The summed E-state index contributed by atoms with van der Waals surface area (Å²) in [5.41, 5.74) is 7.73. The van der Waals surface area contributed by atoms with Gasteiger partial charge >= 0.3 is 0 Å². The lowest BCUT2D eigenvalue weighted by molar-refractivity contribution is 0.0954. The quantitative estimate of drug-likeness (QED) is 0.318. The van der Waals surface area contributed by atoms with Crippen molar-refractivity contribution >= 4 is 39.0 Å². The fourth-order valence-corrected chi connectivity index (χ4v) is 3.73. The van der Waals surface area contributed by atoms with Crippen molar-refractivity contribution in [3.05, 3.63) is 106 Å². The van der Waals surface area contributed by atoms with Crippen molar-refractivity contribution in [2.45, 2.75) is 13.5 Å². The Bertz CT molecular complexity index is 1190. The van der Waals surface area contributed by atoms with Gasteiger partial charge in [-0.25, -0.2) is 5.43 Å². The Labute approximate surface area is 178 Å². The van der Waals surface area contributed by atoms with E-state index in [1.165, 1.54) is 11.1 Å². The summed E-state index contributed by atoms with van der Waals surface area (Å²) in [4.78, 5) is 12.3. The van der Waals surface area contributed by atoms with Gasteiger partial charge in [0.2, 0.25) is 0 Å². The summed E-state index contributed by atoms with van der Waals surface area (Å²) in [7, 11) is 0. The van der Waals surface area contributed by atoms with Crippen LogP contribution in [0.5, 0.6) is 0 Å². The molecule has 4 rings (SSSR count). The molecule has 0 fully saturated rings. The number of para-hydroxylation sites is 1. The molecule has 144 valence electrons. The van der Waals surface area contributed by atoms with E-state index < -0.39 is 0 Å². The molecule has 29 heavy (non-hydrogen) atoms. The molecule has 4 aromatic rings. The molecule has 5 heteroatoms. The molecule has 0 atom stereocenters. The molecule has 1 N–H and O–H groups in total. The Kier molecular flexibility index (Phi) is 5.58. The highest BCUT2D eigenvalue weighted by Crippen LogP contribution is 2.21. The molecule has 0 aliphatic rings. The molecule has 1 heterocycles. The fraction of sp³-hybridized carbons (Fsp3) is 0.0833. The van der Waals surface area contributed by atoms with Crippen LogP contribution < -0.4 is 5.43 Å². The Balaban J connectivity index is 1.57. The minimum absolute atomic E-state index is 0.253.